The van der Waals surface area contributed by atoms with Crippen LogP contribution in [0.15, 0.2) is 47.3 Å². The number of aliphatic hydroxyl groups excluding tert-OH is 1. The van der Waals surface area contributed by atoms with E-state index in [9.17, 15) is 14.7 Å². The smallest absolute Gasteiger partial charge is 0.254 e. The first-order valence-corrected chi connectivity index (χ1v) is 10.6. The quantitative estimate of drug-likeness (QED) is 0.509. The van der Waals surface area contributed by atoms with E-state index in [4.69, 9.17) is 0 Å². The highest BCUT2D eigenvalue weighted by Crippen LogP contribution is 2.37. The van der Waals surface area contributed by atoms with Gasteiger partial charge < -0.3 is 15.3 Å². The summed E-state index contributed by atoms with van der Waals surface area (Å²) in [4.78, 5) is 26.4. The van der Waals surface area contributed by atoms with Crippen LogP contribution < -0.4 is 5.32 Å². The lowest BCUT2D eigenvalue weighted by atomic mass is 10.0. The van der Waals surface area contributed by atoms with Gasteiger partial charge in [0.1, 0.15) is 11.4 Å². The van der Waals surface area contributed by atoms with E-state index in [2.05, 4.69) is 20.8 Å². The van der Waals surface area contributed by atoms with Crippen molar-refractivity contribution in [1.29, 1.82) is 0 Å². The molecule has 0 saturated carbocycles. The predicted molar refractivity (Wildman–Crippen MR) is 104 cm³/mol. The molecule has 1 aromatic carbocycles. The second-order valence-corrected chi connectivity index (χ2v) is 8.46. The van der Waals surface area contributed by atoms with Gasteiger partial charge >= 0.3 is 0 Å². The summed E-state index contributed by atoms with van der Waals surface area (Å²) in [5.41, 5.74) is 1.59. The third-order valence-electron chi connectivity index (χ3n) is 4.47. The van der Waals surface area contributed by atoms with E-state index in [1.54, 1.807) is 52.7 Å². The average molecular weight is 419 g/mol. The van der Waals surface area contributed by atoms with Gasteiger partial charge in [-0.05, 0) is 21.6 Å². The molecule has 2 aliphatic rings. The minimum atomic E-state index is -1.29. The Balaban J connectivity index is 1.34. The maximum Gasteiger partial charge on any atom is 0.254 e. The van der Waals surface area contributed by atoms with Crippen LogP contribution in [0.5, 0.6) is 0 Å². The van der Waals surface area contributed by atoms with E-state index in [1.165, 1.54) is 11.8 Å². The number of rotatable bonds is 6. The molecule has 4 rings (SSSR count). The summed E-state index contributed by atoms with van der Waals surface area (Å²) >= 11 is 3.10. The molecule has 2 aromatic rings. The van der Waals surface area contributed by atoms with Crippen LogP contribution in [-0.2, 0) is 16.6 Å². The summed E-state index contributed by atoms with van der Waals surface area (Å²) in [7, 11) is 1.78. The number of tetrazole rings is 1. The molecule has 28 heavy (non-hydrogen) atoms. The number of hydrogen-bond donors (Lipinski definition) is 2. The van der Waals surface area contributed by atoms with Crippen LogP contribution in [0.3, 0.4) is 0 Å². The fourth-order valence-corrected chi connectivity index (χ4v) is 5.16. The van der Waals surface area contributed by atoms with Crippen LogP contribution in [0.2, 0.25) is 0 Å². The molecule has 146 valence electrons. The molecule has 1 saturated heterocycles. The highest BCUT2D eigenvalue weighted by Gasteiger charge is 2.49. The Kier molecular flexibility index (Phi) is 5.38. The molecule has 3 heterocycles. The van der Waals surface area contributed by atoms with Crippen LogP contribution in [-0.4, -0.2) is 64.9 Å². The molecule has 0 bridgehead atoms. The Morgan fingerprint density at radius 2 is 2.21 bits per heavy atom. The number of β-lactam (4-membered cyclic amide) rings is 1. The van der Waals surface area contributed by atoms with Crippen molar-refractivity contribution in [2.45, 2.75) is 22.7 Å². The summed E-state index contributed by atoms with van der Waals surface area (Å²) in [5, 5.41) is 24.7. The molecule has 1 fully saturated rings. The van der Waals surface area contributed by atoms with Crippen molar-refractivity contribution >= 4 is 35.3 Å². The number of benzene rings is 1. The average Bonchev–Trinajstić information content (AvgIpc) is 3.14. The van der Waals surface area contributed by atoms with Crippen molar-refractivity contribution in [2.24, 2.45) is 7.05 Å². The third kappa shape index (κ3) is 3.64. The predicted octanol–water partition coefficient (Wildman–Crippen LogP) is 0.320. The van der Waals surface area contributed by atoms with E-state index in [-0.39, 0.29) is 11.3 Å². The second kappa shape index (κ2) is 7.94. The van der Waals surface area contributed by atoms with Crippen LogP contribution in [0.4, 0.5) is 0 Å². The van der Waals surface area contributed by atoms with Crippen molar-refractivity contribution in [3.05, 3.63) is 47.7 Å². The molecular formula is C17H18N6O3S2. The van der Waals surface area contributed by atoms with Crippen molar-refractivity contribution in [2.75, 3.05) is 11.5 Å². The highest BCUT2D eigenvalue weighted by molar-refractivity contribution is 8.01. The van der Waals surface area contributed by atoms with Crippen molar-refractivity contribution in [3.63, 3.8) is 0 Å². The van der Waals surface area contributed by atoms with E-state index >= 15 is 0 Å². The molecule has 3 atom stereocenters. The van der Waals surface area contributed by atoms with Gasteiger partial charge in [0.15, 0.2) is 6.10 Å². The van der Waals surface area contributed by atoms with Gasteiger partial charge in [-0.3, -0.25) is 9.59 Å². The molecule has 0 unspecified atom stereocenters. The van der Waals surface area contributed by atoms with Gasteiger partial charge in [-0.25, -0.2) is 4.68 Å². The summed E-state index contributed by atoms with van der Waals surface area (Å²) in [6.07, 6.45) is 0.551. The summed E-state index contributed by atoms with van der Waals surface area (Å²) in [6.45, 7) is 0. The van der Waals surface area contributed by atoms with Crippen LogP contribution in [0, 0.1) is 0 Å². The molecule has 0 radical (unpaired) electrons. The Hall–Kier alpha value is -2.37. The number of thioether (sulfide) groups is 2. The molecule has 9 nitrogen and oxygen atoms in total. The molecule has 2 amide bonds. The number of nitrogens with one attached hydrogen (secondary N) is 1. The van der Waals surface area contributed by atoms with E-state index in [0.29, 0.717) is 16.5 Å². The fraction of sp³-hybridized carbons (Fsp3) is 0.353. The standard InChI is InChI=1S/C17H18N6O3S2/c1-22-17(19-20-21-22)28-9-10-7-23-15(26)12(16(23)27-8-10)18-14(25)13(24)11-5-3-2-4-6-11/h2-7,12-13,16,24H,8-9H2,1H3,(H,18,25)/t12-,13-,16-/m1/s1. The molecule has 2 N–H and O–H groups in total. The zero-order valence-electron chi connectivity index (χ0n) is 14.9. The Morgan fingerprint density at radius 3 is 2.93 bits per heavy atom. The Bertz CT molecular complexity index is 919. The monoisotopic (exact) mass is 418 g/mol. The summed E-state index contributed by atoms with van der Waals surface area (Å²) < 4.78 is 1.60. The molecule has 2 aliphatic heterocycles. The SMILES string of the molecule is Cn1nnnc1SCC1=CN2C(=O)[C@@H](NC(=O)[C@H](O)c3ccccc3)[C@H]2SC1. The lowest BCUT2D eigenvalue weighted by molar-refractivity contribution is -0.146. The lowest BCUT2D eigenvalue weighted by Crippen LogP contribution is -2.68. The zero-order chi connectivity index (χ0) is 19.7. The van der Waals surface area contributed by atoms with Gasteiger partial charge in [0.25, 0.3) is 11.8 Å². The second-order valence-electron chi connectivity index (χ2n) is 6.41. The van der Waals surface area contributed by atoms with E-state index < -0.39 is 18.1 Å². The number of hydrogen-bond acceptors (Lipinski definition) is 8. The Morgan fingerprint density at radius 1 is 1.43 bits per heavy atom. The maximum atomic E-state index is 12.5. The number of amides is 2. The van der Waals surface area contributed by atoms with Gasteiger partial charge in [0.2, 0.25) is 5.16 Å². The van der Waals surface area contributed by atoms with Gasteiger partial charge in [0.05, 0.1) is 0 Å². The van der Waals surface area contributed by atoms with Crippen LogP contribution in [0.25, 0.3) is 0 Å². The number of aliphatic hydroxyl groups is 1. The number of fused-ring (bicyclic) bond motifs is 1. The lowest BCUT2D eigenvalue weighted by Gasteiger charge is -2.47. The Labute approximate surface area is 169 Å². The summed E-state index contributed by atoms with van der Waals surface area (Å²) in [5.74, 6) is 0.695. The normalized spacial score (nSPS) is 22.1. The first kappa shape index (κ1) is 19.0. The zero-order valence-corrected chi connectivity index (χ0v) is 16.6. The maximum absolute atomic E-state index is 12.5. The molecule has 0 spiro atoms. The van der Waals surface area contributed by atoms with Gasteiger partial charge in [-0.1, -0.05) is 42.1 Å². The minimum absolute atomic E-state index is 0.148. The first-order chi connectivity index (χ1) is 13.5. The number of aryl methyl sites for hydroxylation is 1. The number of carbonyl (C=O) groups is 2. The van der Waals surface area contributed by atoms with Crippen molar-refractivity contribution in [3.8, 4) is 0 Å². The number of aromatic nitrogens is 4. The minimum Gasteiger partial charge on any atom is -0.378 e. The summed E-state index contributed by atoms with van der Waals surface area (Å²) in [6, 6.07) is 8.04. The molecule has 0 aliphatic carbocycles. The topological polar surface area (TPSA) is 113 Å². The largest absolute Gasteiger partial charge is 0.378 e. The number of nitrogens with zero attached hydrogens (tertiary/aromatic N) is 5. The van der Waals surface area contributed by atoms with Crippen LogP contribution >= 0.6 is 23.5 Å². The number of carbonyl (C=O) groups excluding carboxylic acids is 2. The van der Waals surface area contributed by atoms with Gasteiger partial charge in [0, 0.05) is 24.8 Å². The molecule has 11 heteroatoms. The van der Waals surface area contributed by atoms with Crippen molar-refractivity contribution < 1.29 is 14.7 Å². The van der Waals surface area contributed by atoms with E-state index in [1.807, 2.05) is 12.3 Å². The van der Waals surface area contributed by atoms with E-state index in [0.717, 1.165) is 11.3 Å². The van der Waals surface area contributed by atoms with Crippen LogP contribution in [0.1, 0.15) is 11.7 Å². The molecular weight excluding hydrogens is 400 g/mol. The highest BCUT2D eigenvalue weighted by atomic mass is 32.2. The third-order valence-corrected chi connectivity index (χ3v) is 6.97. The fourth-order valence-electron chi connectivity index (χ4n) is 2.96. The molecule has 1 aromatic heterocycles. The van der Waals surface area contributed by atoms with Gasteiger partial charge in [-0.2, -0.15) is 0 Å². The first-order valence-electron chi connectivity index (χ1n) is 8.56. The van der Waals surface area contributed by atoms with Crippen molar-refractivity contribution in [1.82, 2.24) is 30.4 Å². The van der Waals surface area contributed by atoms with Gasteiger partial charge in [-0.15, -0.1) is 16.9 Å².